The van der Waals surface area contributed by atoms with Gasteiger partial charge < -0.3 is 9.47 Å². The molecular weight excluding hydrogens is 399 g/mol. The lowest BCUT2D eigenvalue weighted by atomic mass is 9.98. The van der Waals surface area contributed by atoms with Crippen LogP contribution in [0.25, 0.3) is 15.0 Å². The molecule has 0 saturated heterocycles. The van der Waals surface area contributed by atoms with E-state index in [1.165, 1.54) is 27.8 Å². The summed E-state index contributed by atoms with van der Waals surface area (Å²) in [5.74, 6) is 0.0725. The van der Waals surface area contributed by atoms with E-state index < -0.39 is 11.8 Å². The van der Waals surface area contributed by atoms with Gasteiger partial charge in [0.25, 0.3) is 0 Å². The number of fused-ring (bicyclic) bond motifs is 1. The molecule has 0 aliphatic carbocycles. The first-order valence-electron chi connectivity index (χ1n) is 9.61. The quantitative estimate of drug-likeness (QED) is 0.195. The van der Waals surface area contributed by atoms with E-state index in [9.17, 15) is 9.18 Å². The van der Waals surface area contributed by atoms with Crippen LogP contribution in [0.15, 0.2) is 78.2 Å². The third-order valence-corrected chi connectivity index (χ3v) is 7.20. The lowest BCUT2D eigenvalue weighted by Gasteiger charge is -2.24. The van der Waals surface area contributed by atoms with Gasteiger partial charge >= 0.3 is 6.16 Å². The van der Waals surface area contributed by atoms with Gasteiger partial charge in [-0.3, -0.25) is 0 Å². The molecule has 0 saturated carbocycles. The van der Waals surface area contributed by atoms with E-state index in [1.54, 1.807) is 38.1 Å². The van der Waals surface area contributed by atoms with Crippen LogP contribution in [-0.2, 0) is 10.3 Å². The van der Waals surface area contributed by atoms with E-state index in [2.05, 4.69) is 36.6 Å². The van der Waals surface area contributed by atoms with Gasteiger partial charge in [0.1, 0.15) is 22.5 Å². The van der Waals surface area contributed by atoms with E-state index in [-0.39, 0.29) is 16.3 Å². The molecule has 1 unspecified atom stereocenters. The molecule has 5 heteroatoms. The predicted octanol–water partition coefficient (Wildman–Crippen LogP) is 7.48. The summed E-state index contributed by atoms with van der Waals surface area (Å²) in [7, 11) is -0.124. The molecule has 0 amide bonds. The van der Waals surface area contributed by atoms with E-state index in [4.69, 9.17) is 9.47 Å². The fourth-order valence-corrected chi connectivity index (χ4v) is 5.49. The van der Waals surface area contributed by atoms with Crippen LogP contribution in [0.1, 0.15) is 25.0 Å². The van der Waals surface area contributed by atoms with Crippen molar-refractivity contribution >= 4 is 26.7 Å². The largest absolute Gasteiger partial charge is 0.514 e. The summed E-state index contributed by atoms with van der Waals surface area (Å²) >= 11 is 0. The second-order valence-corrected chi connectivity index (χ2v) is 9.40. The molecule has 0 radical (unpaired) electrons. The molecule has 0 fully saturated rings. The Hall–Kier alpha value is -3.18. The van der Waals surface area contributed by atoms with E-state index in [0.717, 1.165) is 4.90 Å². The number of carbonyl (C=O) groups excluding carboxylic acids is 1. The molecule has 1 heterocycles. The number of ether oxygens (including phenoxy) is 2. The molecule has 4 aromatic rings. The Morgan fingerprint density at radius 3 is 2.30 bits per heavy atom. The Balaban J connectivity index is 1.48. The summed E-state index contributed by atoms with van der Waals surface area (Å²) in [6.45, 7) is 5.60. The van der Waals surface area contributed by atoms with Crippen molar-refractivity contribution in [3.63, 3.8) is 0 Å². The first-order valence-corrected chi connectivity index (χ1v) is 10.9. The Labute approximate surface area is 177 Å². The Morgan fingerprint density at radius 2 is 1.60 bits per heavy atom. The zero-order chi connectivity index (χ0) is 21.3. The van der Waals surface area contributed by atoms with Crippen LogP contribution in [0.3, 0.4) is 0 Å². The molecule has 3 nitrogen and oxygen atoms in total. The monoisotopic (exact) mass is 421 g/mol. The van der Waals surface area contributed by atoms with Crippen molar-refractivity contribution in [1.29, 1.82) is 0 Å². The molecule has 0 bridgehead atoms. The summed E-state index contributed by atoms with van der Waals surface area (Å²) < 4.78 is 25.3. The summed E-state index contributed by atoms with van der Waals surface area (Å²) in [4.78, 5) is 13.4. The fraction of sp³-hybridized carbons (Fsp3) is 0.160. The van der Waals surface area contributed by atoms with Gasteiger partial charge in [0.05, 0.1) is 0 Å². The highest BCUT2D eigenvalue weighted by Crippen LogP contribution is 2.42. The van der Waals surface area contributed by atoms with E-state index >= 15 is 0 Å². The summed E-state index contributed by atoms with van der Waals surface area (Å²) in [5, 5.41) is 3.56. The van der Waals surface area contributed by atoms with Crippen LogP contribution >= 0.6 is 10.5 Å². The van der Waals surface area contributed by atoms with E-state index in [0.29, 0.717) is 11.3 Å². The van der Waals surface area contributed by atoms with Gasteiger partial charge in [-0.15, -0.1) is 0 Å². The number of halogens is 1. The highest BCUT2D eigenvalue weighted by molar-refractivity contribution is 7.43. The maximum Gasteiger partial charge on any atom is 0.514 e. The minimum Gasteiger partial charge on any atom is -0.423 e. The van der Waals surface area contributed by atoms with Crippen LogP contribution in [0.5, 0.6) is 5.75 Å². The second kappa shape index (κ2) is 7.92. The van der Waals surface area contributed by atoms with Crippen LogP contribution < -0.4 is 4.74 Å². The predicted molar refractivity (Wildman–Crippen MR) is 119 cm³/mol. The molecule has 1 atom stereocenters. The van der Waals surface area contributed by atoms with Gasteiger partial charge in [-0.2, -0.15) is 0 Å². The Kier molecular flexibility index (Phi) is 5.31. The van der Waals surface area contributed by atoms with Crippen LogP contribution in [0.4, 0.5) is 9.18 Å². The topological polar surface area (TPSA) is 35.5 Å². The summed E-state index contributed by atoms with van der Waals surface area (Å²) in [6, 6.07) is 21.8. The number of benzene rings is 3. The molecule has 1 aromatic heterocycles. The number of hydrogen-bond donors (Lipinski definition) is 0. The van der Waals surface area contributed by atoms with Crippen molar-refractivity contribution in [3.05, 3.63) is 95.1 Å². The fourth-order valence-electron chi connectivity index (χ4n) is 3.37. The minimum atomic E-state index is -0.942. The number of thiophene rings is 1. The van der Waals surface area contributed by atoms with E-state index in [1.807, 2.05) is 12.1 Å². The van der Waals surface area contributed by atoms with Crippen molar-refractivity contribution in [2.24, 2.45) is 0 Å². The second-order valence-electron chi connectivity index (χ2n) is 7.58. The zero-order valence-corrected chi connectivity index (χ0v) is 17.8. The Bertz CT molecular complexity index is 1190. The molecule has 152 valence electrons. The average Bonchev–Trinajstić information content (AvgIpc) is 3.05. The van der Waals surface area contributed by atoms with Crippen LogP contribution in [0, 0.1) is 12.7 Å². The smallest absolute Gasteiger partial charge is 0.423 e. The number of carbonyl (C=O) groups is 1. The lowest BCUT2D eigenvalue weighted by molar-refractivity contribution is 0.00634. The molecule has 4 rings (SSSR count). The lowest BCUT2D eigenvalue weighted by Crippen LogP contribution is -2.27. The maximum absolute atomic E-state index is 13.1. The number of rotatable bonds is 4. The molecular formula is C25H22FO3S+. The van der Waals surface area contributed by atoms with Crippen molar-refractivity contribution in [2.75, 3.05) is 0 Å². The normalized spacial score (nSPS) is 12.1. The molecule has 30 heavy (non-hydrogen) atoms. The molecule has 3 aromatic carbocycles. The van der Waals surface area contributed by atoms with Gasteiger partial charge in [0, 0.05) is 33.6 Å². The van der Waals surface area contributed by atoms with Crippen LogP contribution in [0.2, 0.25) is 0 Å². The number of aryl methyl sites for hydroxylation is 1. The SMILES string of the molecule is Cc1c[s+](-c2ccc(OC(=O)OC(C)(C)c3ccc(F)cc3)cc2)c2ccccc12. The standard InChI is InChI=1S/C25H22FO3S/c1-17-16-30(23-7-5-4-6-22(17)23)21-14-12-20(13-15-21)28-24(27)29-25(2,3)18-8-10-19(26)11-9-18/h4-16H,1-3H3/q+1. The highest BCUT2D eigenvalue weighted by Gasteiger charge is 2.27. The average molecular weight is 422 g/mol. The highest BCUT2D eigenvalue weighted by atomic mass is 32.2. The third-order valence-electron chi connectivity index (χ3n) is 5.00. The Morgan fingerprint density at radius 1 is 0.933 bits per heavy atom. The summed E-state index contributed by atoms with van der Waals surface area (Å²) in [6.07, 6.45) is -0.804. The molecule has 0 spiro atoms. The van der Waals surface area contributed by atoms with Gasteiger partial charge in [-0.05, 0) is 62.7 Å². The third kappa shape index (κ3) is 4.07. The van der Waals surface area contributed by atoms with Gasteiger partial charge in [-0.25, -0.2) is 9.18 Å². The molecule has 0 N–H and O–H groups in total. The first kappa shape index (κ1) is 20.1. The van der Waals surface area contributed by atoms with Gasteiger partial charge in [0.2, 0.25) is 0 Å². The zero-order valence-electron chi connectivity index (χ0n) is 17.0. The number of hydrogen-bond acceptors (Lipinski definition) is 3. The molecule has 0 aliphatic rings. The van der Waals surface area contributed by atoms with Crippen LogP contribution in [-0.4, -0.2) is 6.16 Å². The first-order chi connectivity index (χ1) is 14.3. The molecule has 0 aliphatic heterocycles. The van der Waals surface area contributed by atoms with Crippen molar-refractivity contribution < 1.29 is 18.7 Å². The van der Waals surface area contributed by atoms with Crippen molar-refractivity contribution in [1.82, 2.24) is 0 Å². The summed E-state index contributed by atoms with van der Waals surface area (Å²) in [5.41, 5.74) is 1.02. The van der Waals surface area contributed by atoms with Crippen molar-refractivity contribution in [2.45, 2.75) is 26.4 Å². The minimum absolute atomic E-state index is 0.124. The van der Waals surface area contributed by atoms with Gasteiger partial charge in [-0.1, -0.05) is 24.3 Å². The van der Waals surface area contributed by atoms with Gasteiger partial charge in [0.15, 0.2) is 9.60 Å². The maximum atomic E-state index is 13.1. The van der Waals surface area contributed by atoms with Crippen molar-refractivity contribution in [3.8, 4) is 10.6 Å².